The van der Waals surface area contributed by atoms with Gasteiger partial charge < -0.3 is 24.3 Å². The van der Waals surface area contributed by atoms with Crippen LogP contribution in [-0.2, 0) is 25.4 Å². The number of aromatic nitrogens is 4. The minimum Gasteiger partial charge on any atom is -0.452 e. The fourth-order valence-corrected chi connectivity index (χ4v) is 5.28. The van der Waals surface area contributed by atoms with Gasteiger partial charge in [0.25, 0.3) is 0 Å². The van der Waals surface area contributed by atoms with Crippen molar-refractivity contribution in [2.45, 2.75) is 31.0 Å². The van der Waals surface area contributed by atoms with Crippen LogP contribution in [0.2, 0.25) is 0 Å². The summed E-state index contributed by atoms with van der Waals surface area (Å²) in [6.45, 7) is 0.554. The molecule has 0 aliphatic carbocycles. The van der Waals surface area contributed by atoms with Crippen LogP contribution in [0.3, 0.4) is 0 Å². The third-order valence-corrected chi connectivity index (χ3v) is 7.47. The zero-order chi connectivity index (χ0) is 31.9. The van der Waals surface area contributed by atoms with E-state index in [9.17, 15) is 14.9 Å². The largest absolute Gasteiger partial charge is 0.452 e. The maximum Gasteiger partial charge on any atom is 0.338 e. The first kappa shape index (κ1) is 30.4. The molecule has 0 unspecified atom stereocenters. The minimum atomic E-state index is -1.15. The number of rotatable bonds is 11. The Morgan fingerprint density at radius 2 is 1.50 bits per heavy atom. The van der Waals surface area contributed by atoms with Crippen LogP contribution in [0.25, 0.3) is 11.2 Å². The van der Waals surface area contributed by atoms with E-state index in [1.165, 1.54) is 13.4 Å². The first-order valence-corrected chi connectivity index (χ1v) is 14.6. The van der Waals surface area contributed by atoms with Crippen LogP contribution in [0.15, 0.2) is 97.3 Å². The van der Waals surface area contributed by atoms with E-state index >= 15 is 0 Å². The molecule has 3 aromatic carbocycles. The van der Waals surface area contributed by atoms with Gasteiger partial charge in [0, 0.05) is 13.7 Å². The molecular formula is C34H30N6O6. The normalized spacial score (nSPS) is 19.0. The highest BCUT2D eigenvalue weighted by atomic mass is 16.7. The van der Waals surface area contributed by atoms with Crippen LogP contribution >= 0.6 is 0 Å². The Labute approximate surface area is 264 Å². The van der Waals surface area contributed by atoms with Crippen LogP contribution in [-0.4, -0.2) is 70.0 Å². The van der Waals surface area contributed by atoms with E-state index in [1.807, 2.05) is 36.4 Å². The number of carbonyl (C=O) groups is 2. The number of benzene rings is 3. The second-order valence-corrected chi connectivity index (χ2v) is 10.5. The Bertz CT molecular complexity index is 1840. The van der Waals surface area contributed by atoms with Crippen LogP contribution in [0.5, 0.6) is 0 Å². The second-order valence-electron chi connectivity index (χ2n) is 10.5. The molecule has 1 N–H and O–H groups in total. The number of ether oxygens (including phenoxy) is 4. The molecule has 6 rings (SSSR count). The quantitative estimate of drug-likeness (QED) is 0.211. The molecule has 1 aliphatic heterocycles. The van der Waals surface area contributed by atoms with Crippen LogP contribution in [0.4, 0.5) is 5.82 Å². The number of anilines is 1. The fourth-order valence-electron chi connectivity index (χ4n) is 5.28. The lowest BCUT2D eigenvalue weighted by molar-refractivity contribution is -0.0622. The summed E-state index contributed by atoms with van der Waals surface area (Å²) >= 11 is 0. The van der Waals surface area contributed by atoms with Gasteiger partial charge in [-0.3, -0.25) is 4.57 Å². The predicted molar refractivity (Wildman–Crippen MR) is 166 cm³/mol. The Hall–Kier alpha value is -5.64. The van der Waals surface area contributed by atoms with Gasteiger partial charge in [0.15, 0.2) is 35.4 Å². The molecule has 0 spiro atoms. The summed E-state index contributed by atoms with van der Waals surface area (Å²) in [6.07, 6.45) is -1.90. The highest BCUT2D eigenvalue weighted by Gasteiger charge is 2.51. The number of hydrogen-bond acceptors (Lipinski definition) is 11. The Balaban J connectivity index is 1.36. The molecule has 1 saturated heterocycles. The summed E-state index contributed by atoms with van der Waals surface area (Å²) in [5.41, 5.74) is 2.41. The Kier molecular flexibility index (Phi) is 9.24. The molecule has 12 heteroatoms. The van der Waals surface area contributed by atoms with Crippen LogP contribution in [0.1, 0.15) is 38.3 Å². The molecule has 5 aromatic rings. The standard InChI is InChI=1S/C34H30N6O6/c1-43-20-25-28(45-33(41)23-13-7-3-8-14-23)29(46-34(42)24-15-9-4-10-16-24)32(44-25)40-21-37-27-30(38-26(19-35)39-31(27)40)36-18-17-22-11-5-2-6-12-22/h2-16,21,25,28-29,32H,17-18,20H2,1H3,(H,36,38,39)/t25-,28+,29+,32+/m0/s1. The fraction of sp³-hybridized carbons (Fsp3) is 0.235. The van der Waals surface area contributed by atoms with Crippen molar-refractivity contribution in [1.82, 2.24) is 19.5 Å². The molecule has 232 valence electrons. The van der Waals surface area contributed by atoms with E-state index < -0.39 is 36.5 Å². The van der Waals surface area contributed by atoms with Gasteiger partial charge in [-0.05, 0) is 36.2 Å². The first-order valence-electron chi connectivity index (χ1n) is 14.6. The monoisotopic (exact) mass is 618 g/mol. The summed E-state index contributed by atoms with van der Waals surface area (Å²) in [4.78, 5) is 40.0. The van der Waals surface area contributed by atoms with Gasteiger partial charge in [-0.25, -0.2) is 14.6 Å². The number of carbonyl (C=O) groups excluding carboxylic acids is 2. The zero-order valence-electron chi connectivity index (χ0n) is 24.9. The van der Waals surface area contributed by atoms with Gasteiger partial charge in [0.05, 0.1) is 24.1 Å². The van der Waals surface area contributed by atoms with E-state index in [4.69, 9.17) is 18.9 Å². The van der Waals surface area contributed by atoms with Crippen molar-refractivity contribution >= 4 is 28.9 Å². The Morgan fingerprint density at radius 1 is 0.891 bits per heavy atom. The van der Waals surface area contributed by atoms with Gasteiger partial charge in [-0.15, -0.1) is 0 Å². The third kappa shape index (κ3) is 6.56. The van der Waals surface area contributed by atoms with Gasteiger partial charge in [0.1, 0.15) is 12.2 Å². The molecule has 2 aromatic heterocycles. The van der Waals surface area contributed by atoms with Gasteiger partial charge in [-0.2, -0.15) is 15.2 Å². The summed E-state index contributed by atoms with van der Waals surface area (Å²) in [5, 5.41) is 13.0. The summed E-state index contributed by atoms with van der Waals surface area (Å²) < 4.78 is 25.4. The molecule has 0 bridgehead atoms. The van der Waals surface area contributed by atoms with Crippen molar-refractivity contribution in [2.24, 2.45) is 0 Å². The number of hydrogen-bond donors (Lipinski definition) is 1. The molecule has 1 aliphatic rings. The lowest BCUT2D eigenvalue weighted by Gasteiger charge is -2.25. The van der Waals surface area contributed by atoms with Crippen molar-refractivity contribution in [3.63, 3.8) is 0 Å². The molecule has 1 fully saturated rings. The number of nitrogens with zero attached hydrogens (tertiary/aromatic N) is 5. The molecule has 4 atom stereocenters. The lowest BCUT2D eigenvalue weighted by atomic mass is 10.1. The van der Waals surface area contributed by atoms with Crippen molar-refractivity contribution in [3.8, 4) is 6.07 Å². The molecule has 0 radical (unpaired) electrons. The SMILES string of the molecule is COC[C@@H]1O[C@@H](n2cnc3c(NCCc4ccccc4)nc(C#N)nc32)[C@H](OC(=O)c2ccccc2)[C@@H]1OC(=O)c1ccccc1. The molecule has 0 saturated carbocycles. The van der Waals surface area contributed by atoms with Gasteiger partial charge in [0.2, 0.25) is 5.82 Å². The van der Waals surface area contributed by atoms with Gasteiger partial charge >= 0.3 is 11.9 Å². The molecule has 46 heavy (non-hydrogen) atoms. The average Bonchev–Trinajstić information content (AvgIpc) is 3.67. The summed E-state index contributed by atoms with van der Waals surface area (Å²) in [6, 6.07) is 28.9. The lowest BCUT2D eigenvalue weighted by Crippen LogP contribution is -2.41. The highest BCUT2D eigenvalue weighted by Crippen LogP contribution is 2.37. The first-order chi connectivity index (χ1) is 22.6. The number of esters is 2. The highest BCUT2D eigenvalue weighted by molar-refractivity contribution is 5.90. The van der Waals surface area contributed by atoms with Crippen LogP contribution < -0.4 is 5.32 Å². The molecular weight excluding hydrogens is 588 g/mol. The van der Waals surface area contributed by atoms with Crippen LogP contribution in [0, 0.1) is 11.3 Å². The summed E-state index contributed by atoms with van der Waals surface area (Å²) in [7, 11) is 1.49. The molecule has 0 amide bonds. The number of imidazole rings is 1. The number of methoxy groups -OCH3 is 1. The smallest absolute Gasteiger partial charge is 0.338 e. The van der Waals surface area contributed by atoms with E-state index in [0.717, 1.165) is 5.56 Å². The van der Waals surface area contributed by atoms with E-state index in [2.05, 4.69) is 20.3 Å². The average molecular weight is 619 g/mol. The van der Waals surface area contributed by atoms with Gasteiger partial charge in [-0.1, -0.05) is 66.7 Å². The molecule has 12 nitrogen and oxygen atoms in total. The van der Waals surface area contributed by atoms with Crippen molar-refractivity contribution in [2.75, 3.05) is 25.6 Å². The van der Waals surface area contributed by atoms with Crippen molar-refractivity contribution in [1.29, 1.82) is 5.26 Å². The van der Waals surface area contributed by atoms with E-state index in [1.54, 1.807) is 65.2 Å². The van der Waals surface area contributed by atoms with Crippen molar-refractivity contribution < 1.29 is 28.5 Å². The van der Waals surface area contributed by atoms with E-state index in [0.29, 0.717) is 35.4 Å². The number of nitrogens with one attached hydrogen (secondary N) is 1. The zero-order valence-corrected chi connectivity index (χ0v) is 24.9. The second kappa shape index (κ2) is 14.0. The summed E-state index contributed by atoms with van der Waals surface area (Å²) in [5.74, 6) is -0.982. The number of fused-ring (bicyclic) bond motifs is 1. The maximum absolute atomic E-state index is 13.4. The van der Waals surface area contributed by atoms with Crippen molar-refractivity contribution in [3.05, 3.63) is 120 Å². The minimum absolute atomic E-state index is 0.0278. The molecule has 3 heterocycles. The Morgan fingerprint density at radius 3 is 2.11 bits per heavy atom. The topological polar surface area (TPSA) is 150 Å². The predicted octanol–water partition coefficient (Wildman–Crippen LogP) is 4.35. The van der Waals surface area contributed by atoms with E-state index in [-0.39, 0.29) is 18.1 Å². The third-order valence-electron chi connectivity index (χ3n) is 7.47. The number of nitriles is 1. The maximum atomic E-state index is 13.4.